The Labute approximate surface area is 81.6 Å². The summed E-state index contributed by atoms with van der Waals surface area (Å²) in [6.07, 6.45) is 0. The first-order valence-electron chi connectivity index (χ1n) is 4.38. The molecule has 1 unspecified atom stereocenters. The van der Waals surface area contributed by atoms with Gasteiger partial charge in [0.05, 0.1) is 6.04 Å². The topological polar surface area (TPSA) is 61.6 Å². The predicted octanol–water partition coefficient (Wildman–Crippen LogP) is 0.945. The van der Waals surface area contributed by atoms with E-state index < -0.39 is 6.04 Å². The molecule has 0 saturated heterocycles. The summed E-state index contributed by atoms with van der Waals surface area (Å²) in [7, 11) is 0. The van der Waals surface area contributed by atoms with E-state index in [4.69, 9.17) is 15.2 Å². The maximum absolute atomic E-state index is 11.5. The molecule has 0 aliphatic carbocycles. The Kier molecular flexibility index (Phi) is 2.13. The first-order valence-corrected chi connectivity index (χ1v) is 4.38. The second-order valence-corrected chi connectivity index (χ2v) is 3.22. The lowest BCUT2D eigenvalue weighted by molar-refractivity contribution is 0.0967. The highest BCUT2D eigenvalue weighted by molar-refractivity contribution is 6.00. The summed E-state index contributed by atoms with van der Waals surface area (Å²) in [6, 6.07) is 4.58. The molecule has 0 radical (unpaired) electrons. The van der Waals surface area contributed by atoms with E-state index in [1.165, 1.54) is 0 Å². The van der Waals surface area contributed by atoms with Gasteiger partial charge in [0.25, 0.3) is 0 Å². The minimum absolute atomic E-state index is 0.0942. The summed E-state index contributed by atoms with van der Waals surface area (Å²) in [5, 5.41) is 0. The van der Waals surface area contributed by atoms with Gasteiger partial charge in [0.2, 0.25) is 6.79 Å². The molecule has 1 aromatic rings. The number of rotatable bonds is 2. The van der Waals surface area contributed by atoms with Crippen LogP contribution in [-0.4, -0.2) is 18.6 Å². The number of benzene rings is 1. The maximum Gasteiger partial charge on any atom is 0.231 e. The predicted molar refractivity (Wildman–Crippen MR) is 50.5 cm³/mol. The molecule has 0 aromatic heterocycles. The third-order valence-electron chi connectivity index (χ3n) is 2.07. The largest absolute Gasteiger partial charge is 0.454 e. The summed E-state index contributed by atoms with van der Waals surface area (Å²) in [6.45, 7) is 1.87. The van der Waals surface area contributed by atoms with Crippen molar-refractivity contribution in [2.45, 2.75) is 13.0 Å². The molecule has 0 saturated carbocycles. The number of Topliss-reactive ketones (excluding diaryl/α,β-unsaturated/α-hetero) is 1. The highest BCUT2D eigenvalue weighted by Gasteiger charge is 2.17. The number of carbonyl (C=O) groups is 1. The van der Waals surface area contributed by atoms with Crippen molar-refractivity contribution in [1.82, 2.24) is 0 Å². The lowest BCUT2D eigenvalue weighted by Gasteiger charge is -2.04. The van der Waals surface area contributed by atoms with Gasteiger partial charge in [0.1, 0.15) is 0 Å². The van der Waals surface area contributed by atoms with Crippen LogP contribution >= 0.6 is 0 Å². The molecule has 1 aromatic carbocycles. The summed E-state index contributed by atoms with van der Waals surface area (Å²) in [5.41, 5.74) is 6.05. The molecule has 0 fully saturated rings. The van der Waals surface area contributed by atoms with Crippen LogP contribution in [0.1, 0.15) is 17.3 Å². The molecule has 2 N–H and O–H groups in total. The summed E-state index contributed by atoms with van der Waals surface area (Å²) < 4.78 is 10.3. The fourth-order valence-electron chi connectivity index (χ4n) is 1.31. The zero-order chi connectivity index (χ0) is 10.1. The van der Waals surface area contributed by atoms with Gasteiger partial charge >= 0.3 is 0 Å². The minimum Gasteiger partial charge on any atom is -0.454 e. The van der Waals surface area contributed by atoms with E-state index in [0.29, 0.717) is 17.1 Å². The standard InChI is InChI=1S/C10H11NO3/c1-6(11)10(12)7-2-3-8-9(4-7)14-5-13-8/h2-4,6H,5,11H2,1H3. The van der Waals surface area contributed by atoms with Crippen molar-refractivity contribution in [3.8, 4) is 11.5 Å². The van der Waals surface area contributed by atoms with Gasteiger partial charge in [-0.15, -0.1) is 0 Å². The quantitative estimate of drug-likeness (QED) is 0.710. The molecule has 0 spiro atoms. The highest BCUT2D eigenvalue weighted by atomic mass is 16.7. The van der Waals surface area contributed by atoms with E-state index >= 15 is 0 Å². The van der Waals surface area contributed by atoms with Crippen molar-refractivity contribution in [2.75, 3.05) is 6.79 Å². The van der Waals surface area contributed by atoms with Gasteiger partial charge in [-0.2, -0.15) is 0 Å². The molecule has 74 valence electrons. The average molecular weight is 193 g/mol. The number of hydrogen-bond donors (Lipinski definition) is 1. The number of hydrogen-bond acceptors (Lipinski definition) is 4. The van der Waals surface area contributed by atoms with Crippen molar-refractivity contribution in [2.24, 2.45) is 5.73 Å². The summed E-state index contributed by atoms with van der Waals surface area (Å²) in [5.74, 6) is 1.19. The minimum atomic E-state index is -0.490. The van der Waals surface area contributed by atoms with Gasteiger partial charge < -0.3 is 15.2 Å². The fraction of sp³-hybridized carbons (Fsp3) is 0.300. The zero-order valence-electron chi connectivity index (χ0n) is 7.82. The summed E-state index contributed by atoms with van der Waals surface area (Å²) >= 11 is 0. The summed E-state index contributed by atoms with van der Waals surface area (Å²) in [4.78, 5) is 11.5. The van der Waals surface area contributed by atoms with Crippen molar-refractivity contribution in [1.29, 1.82) is 0 Å². The van der Waals surface area contributed by atoms with Gasteiger partial charge in [0.15, 0.2) is 17.3 Å². The lowest BCUT2D eigenvalue weighted by Crippen LogP contribution is -2.26. The van der Waals surface area contributed by atoms with E-state index in [0.717, 1.165) is 0 Å². The number of ether oxygens (including phenoxy) is 2. The van der Waals surface area contributed by atoms with Crippen molar-refractivity contribution >= 4 is 5.78 Å². The van der Waals surface area contributed by atoms with Crippen LogP contribution < -0.4 is 15.2 Å². The first-order chi connectivity index (χ1) is 6.68. The molecule has 4 heteroatoms. The first kappa shape index (κ1) is 9.02. The van der Waals surface area contributed by atoms with Crippen LogP contribution in [0.15, 0.2) is 18.2 Å². The van der Waals surface area contributed by atoms with Gasteiger partial charge in [0, 0.05) is 5.56 Å². The zero-order valence-corrected chi connectivity index (χ0v) is 7.82. The molecule has 0 bridgehead atoms. The molecule has 14 heavy (non-hydrogen) atoms. The molecule has 2 rings (SSSR count). The molecule has 4 nitrogen and oxygen atoms in total. The highest BCUT2D eigenvalue weighted by Crippen LogP contribution is 2.32. The van der Waals surface area contributed by atoms with E-state index in [9.17, 15) is 4.79 Å². The van der Waals surface area contributed by atoms with Crippen molar-refractivity contribution < 1.29 is 14.3 Å². The molecule has 1 atom stereocenters. The van der Waals surface area contributed by atoms with Crippen LogP contribution in [0.4, 0.5) is 0 Å². The smallest absolute Gasteiger partial charge is 0.231 e. The Morgan fingerprint density at radius 3 is 2.86 bits per heavy atom. The lowest BCUT2D eigenvalue weighted by atomic mass is 10.1. The molecule has 1 aliphatic rings. The number of carbonyl (C=O) groups excluding carboxylic acids is 1. The van der Waals surface area contributed by atoms with Crippen LogP contribution in [0.5, 0.6) is 11.5 Å². The molecular weight excluding hydrogens is 182 g/mol. The van der Waals surface area contributed by atoms with E-state index in [1.807, 2.05) is 0 Å². The van der Waals surface area contributed by atoms with Crippen LogP contribution in [0.25, 0.3) is 0 Å². The average Bonchev–Trinajstić information content (AvgIpc) is 2.62. The van der Waals surface area contributed by atoms with Gasteiger partial charge in [-0.05, 0) is 25.1 Å². The third-order valence-corrected chi connectivity index (χ3v) is 2.07. The fourth-order valence-corrected chi connectivity index (χ4v) is 1.31. The van der Waals surface area contributed by atoms with Crippen LogP contribution in [0.3, 0.4) is 0 Å². The van der Waals surface area contributed by atoms with Gasteiger partial charge in [-0.3, -0.25) is 4.79 Å². The second kappa shape index (κ2) is 3.31. The number of ketones is 1. The molecule has 0 amide bonds. The maximum atomic E-state index is 11.5. The van der Waals surface area contributed by atoms with Crippen LogP contribution in [0.2, 0.25) is 0 Å². The Balaban J connectivity index is 2.33. The molecular formula is C10H11NO3. The van der Waals surface area contributed by atoms with Crippen LogP contribution in [-0.2, 0) is 0 Å². The van der Waals surface area contributed by atoms with Crippen LogP contribution in [0, 0.1) is 0 Å². The number of fused-ring (bicyclic) bond motifs is 1. The number of nitrogens with two attached hydrogens (primary N) is 1. The Morgan fingerprint density at radius 1 is 1.43 bits per heavy atom. The molecule has 1 aliphatic heterocycles. The monoisotopic (exact) mass is 193 g/mol. The van der Waals surface area contributed by atoms with E-state index in [1.54, 1.807) is 25.1 Å². The Morgan fingerprint density at radius 2 is 2.14 bits per heavy atom. The third kappa shape index (κ3) is 1.44. The van der Waals surface area contributed by atoms with E-state index in [-0.39, 0.29) is 12.6 Å². The van der Waals surface area contributed by atoms with Crippen molar-refractivity contribution in [3.63, 3.8) is 0 Å². The second-order valence-electron chi connectivity index (χ2n) is 3.22. The van der Waals surface area contributed by atoms with E-state index in [2.05, 4.69) is 0 Å². The Hall–Kier alpha value is -1.55. The SMILES string of the molecule is CC(N)C(=O)c1ccc2c(c1)OCO2. The van der Waals surface area contributed by atoms with Crippen molar-refractivity contribution in [3.05, 3.63) is 23.8 Å². The Bertz CT molecular complexity index is 374. The van der Waals surface area contributed by atoms with Gasteiger partial charge in [-0.25, -0.2) is 0 Å². The normalized spacial score (nSPS) is 15.3. The van der Waals surface area contributed by atoms with Gasteiger partial charge in [-0.1, -0.05) is 0 Å². The molecule has 1 heterocycles.